The molecule has 0 aliphatic carbocycles. The highest BCUT2D eigenvalue weighted by molar-refractivity contribution is 6.29. The number of aryl methyl sites for hydroxylation is 1. The molecule has 0 amide bonds. The molecule has 0 aliphatic rings. The van der Waals surface area contributed by atoms with Gasteiger partial charge in [-0.3, -0.25) is 4.57 Å². The van der Waals surface area contributed by atoms with Gasteiger partial charge in [-0.05, 0) is 31.4 Å². The van der Waals surface area contributed by atoms with Gasteiger partial charge in [0.05, 0.1) is 17.3 Å². The van der Waals surface area contributed by atoms with E-state index in [2.05, 4.69) is 15.1 Å². The summed E-state index contributed by atoms with van der Waals surface area (Å²) < 4.78 is 67.2. The van der Waals surface area contributed by atoms with Crippen LogP contribution in [-0.4, -0.2) is 36.6 Å². The van der Waals surface area contributed by atoms with Crippen LogP contribution in [0.2, 0.25) is 5.15 Å². The second-order valence-corrected chi connectivity index (χ2v) is 7.50. The average Bonchev–Trinajstić information content (AvgIpc) is 3.15. The maximum absolute atomic E-state index is 14.2. The Morgan fingerprint density at radius 2 is 1.94 bits per heavy atom. The van der Waals surface area contributed by atoms with Crippen molar-refractivity contribution in [1.29, 1.82) is 0 Å². The second kappa shape index (κ2) is 8.93. The smallest absolute Gasteiger partial charge is 0.425 e. The third kappa shape index (κ3) is 4.53. The van der Waals surface area contributed by atoms with Gasteiger partial charge in [0.25, 0.3) is 0 Å². The maximum Gasteiger partial charge on any atom is 0.425 e. The van der Waals surface area contributed by atoms with E-state index in [0.717, 1.165) is 23.9 Å². The number of rotatable bonds is 6. The van der Waals surface area contributed by atoms with Crippen molar-refractivity contribution < 1.29 is 27.0 Å². The molecular weight excluding hydrogens is 482 g/mol. The Hall–Kier alpha value is -3.67. The first kappa shape index (κ1) is 23.5. The first-order valence-electron chi connectivity index (χ1n) is 9.88. The van der Waals surface area contributed by atoms with E-state index in [4.69, 9.17) is 21.1 Å². The summed E-state index contributed by atoms with van der Waals surface area (Å²) in [5, 5.41) is 4.29. The van der Waals surface area contributed by atoms with E-state index >= 15 is 0 Å². The van der Waals surface area contributed by atoms with Crippen molar-refractivity contribution >= 4 is 22.4 Å². The molecule has 3 aromatic heterocycles. The van der Waals surface area contributed by atoms with Gasteiger partial charge in [0.15, 0.2) is 17.7 Å². The zero-order chi connectivity index (χ0) is 24.6. The minimum atomic E-state index is -4.68. The Labute approximate surface area is 194 Å². The van der Waals surface area contributed by atoms with Crippen molar-refractivity contribution in [1.82, 2.24) is 24.3 Å². The molecule has 0 saturated carbocycles. The van der Waals surface area contributed by atoms with Crippen LogP contribution in [0.5, 0.6) is 17.4 Å². The Morgan fingerprint density at radius 3 is 2.62 bits per heavy atom. The van der Waals surface area contributed by atoms with Crippen molar-refractivity contribution in [3.63, 3.8) is 0 Å². The van der Waals surface area contributed by atoms with Gasteiger partial charge < -0.3 is 9.47 Å². The molecule has 4 rings (SSSR count). The van der Waals surface area contributed by atoms with Crippen LogP contribution in [0, 0.1) is 5.82 Å². The fourth-order valence-electron chi connectivity index (χ4n) is 3.09. The van der Waals surface area contributed by atoms with Crippen LogP contribution in [0.25, 0.3) is 16.5 Å². The second-order valence-electron chi connectivity index (χ2n) is 7.11. The molecule has 0 fully saturated rings. The van der Waals surface area contributed by atoms with Gasteiger partial charge in [-0.2, -0.15) is 23.0 Å². The van der Waals surface area contributed by atoms with Crippen molar-refractivity contribution in [2.75, 3.05) is 0 Å². The number of halogens is 5. The van der Waals surface area contributed by atoms with E-state index in [1.165, 1.54) is 35.3 Å². The summed E-state index contributed by atoms with van der Waals surface area (Å²) in [6.45, 7) is 2.92. The summed E-state index contributed by atoms with van der Waals surface area (Å²) in [7, 11) is 0. The van der Waals surface area contributed by atoms with Gasteiger partial charge in [-0.1, -0.05) is 11.6 Å². The lowest BCUT2D eigenvalue weighted by molar-refractivity contribution is -0.189. The van der Waals surface area contributed by atoms with E-state index in [9.17, 15) is 22.4 Å². The molecule has 0 saturated heterocycles. The van der Waals surface area contributed by atoms with E-state index < -0.39 is 23.8 Å². The number of nitrogens with zero attached hydrogens (tertiary/aromatic N) is 5. The number of ether oxygens (including phenoxy) is 2. The largest absolute Gasteiger partial charge is 0.480 e. The quantitative estimate of drug-likeness (QED) is 0.278. The van der Waals surface area contributed by atoms with Crippen molar-refractivity contribution in [3.8, 4) is 23.1 Å². The van der Waals surface area contributed by atoms with Crippen LogP contribution in [0.1, 0.15) is 13.8 Å². The number of aromatic nitrogens is 5. The Bertz CT molecular complexity index is 1420. The average molecular weight is 498 g/mol. The van der Waals surface area contributed by atoms with E-state index in [1.54, 1.807) is 6.92 Å². The number of hydrogen-bond acceptors (Lipinski definition) is 6. The van der Waals surface area contributed by atoms with E-state index in [-0.39, 0.29) is 33.6 Å². The highest BCUT2D eigenvalue weighted by atomic mass is 35.5. The molecule has 0 N–H and O–H groups in total. The molecule has 1 atom stereocenters. The molecule has 0 bridgehead atoms. The minimum Gasteiger partial charge on any atom is -0.480 e. The molecule has 3 heterocycles. The van der Waals surface area contributed by atoms with Crippen LogP contribution in [0.15, 0.2) is 47.8 Å². The summed E-state index contributed by atoms with van der Waals surface area (Å²) in [6.07, 6.45) is -3.44. The van der Waals surface area contributed by atoms with E-state index in [1.807, 2.05) is 0 Å². The van der Waals surface area contributed by atoms with Crippen LogP contribution >= 0.6 is 11.6 Å². The van der Waals surface area contributed by atoms with Crippen LogP contribution in [-0.2, 0) is 6.54 Å². The third-order valence-electron chi connectivity index (χ3n) is 4.85. The molecule has 178 valence electrons. The lowest BCUT2D eigenvalue weighted by atomic mass is 10.1. The monoisotopic (exact) mass is 497 g/mol. The summed E-state index contributed by atoms with van der Waals surface area (Å²) in [5.41, 5.74) is -0.333. The predicted molar refractivity (Wildman–Crippen MR) is 114 cm³/mol. The maximum atomic E-state index is 14.2. The highest BCUT2D eigenvalue weighted by Gasteiger charge is 2.38. The predicted octanol–water partition coefficient (Wildman–Crippen LogP) is 4.91. The fourth-order valence-corrected chi connectivity index (χ4v) is 3.24. The van der Waals surface area contributed by atoms with Crippen LogP contribution in [0.3, 0.4) is 0 Å². The number of fused-ring (bicyclic) bond motifs is 1. The fraction of sp³-hybridized carbons (Fsp3) is 0.238. The lowest BCUT2D eigenvalue weighted by Gasteiger charge is -2.20. The first-order valence-corrected chi connectivity index (χ1v) is 10.3. The zero-order valence-corrected chi connectivity index (χ0v) is 18.4. The van der Waals surface area contributed by atoms with Gasteiger partial charge in [0.1, 0.15) is 17.2 Å². The molecule has 0 aliphatic heterocycles. The lowest BCUT2D eigenvalue weighted by Crippen LogP contribution is -2.31. The number of benzene rings is 1. The molecular formula is C21H16ClF4N5O3. The van der Waals surface area contributed by atoms with Crippen molar-refractivity contribution in [2.24, 2.45) is 0 Å². The molecule has 1 aromatic carbocycles. The summed E-state index contributed by atoms with van der Waals surface area (Å²) >= 11 is 5.80. The van der Waals surface area contributed by atoms with E-state index in [0.29, 0.717) is 11.9 Å². The molecule has 0 radical (unpaired) electrons. The topological polar surface area (TPSA) is 84.1 Å². The van der Waals surface area contributed by atoms with Crippen LogP contribution < -0.4 is 15.2 Å². The minimum absolute atomic E-state index is 0.0256. The normalized spacial score (nSPS) is 12.7. The van der Waals surface area contributed by atoms with Crippen LogP contribution in [0.4, 0.5) is 17.6 Å². The molecule has 4 aromatic rings. The number of hydrogen-bond donors (Lipinski definition) is 0. The van der Waals surface area contributed by atoms with Gasteiger partial charge in [-0.25, -0.2) is 19.2 Å². The summed E-state index contributed by atoms with van der Waals surface area (Å²) in [5.74, 6) is -1.72. The van der Waals surface area contributed by atoms with Gasteiger partial charge in [0, 0.05) is 24.9 Å². The van der Waals surface area contributed by atoms with Crippen molar-refractivity contribution in [2.45, 2.75) is 32.7 Å². The standard InChI is InChI=1S/C21H16ClF4N5O3/c1-3-30-10-29-31(20(30)32)13-6-12-4-5-27-19(34-15-8-17(22)28-9-14(15)23)18(12)16(7-13)33-11(2)21(24,25)26/h4-11H,3H2,1-2H3. The number of pyridine rings is 2. The first-order chi connectivity index (χ1) is 16.1. The SMILES string of the molecule is CCn1cnn(-c2cc(OC(C)C(F)(F)F)c3c(Oc4cc(Cl)ncc4F)nccc3c2)c1=O. The zero-order valence-electron chi connectivity index (χ0n) is 17.7. The number of alkyl halides is 3. The third-order valence-corrected chi connectivity index (χ3v) is 5.06. The molecule has 0 spiro atoms. The Balaban J connectivity index is 1.92. The highest BCUT2D eigenvalue weighted by Crippen LogP contribution is 2.39. The van der Waals surface area contributed by atoms with Gasteiger partial charge in [0.2, 0.25) is 5.88 Å². The van der Waals surface area contributed by atoms with Gasteiger partial charge in [-0.15, -0.1) is 0 Å². The van der Waals surface area contributed by atoms with Crippen molar-refractivity contribution in [3.05, 3.63) is 64.4 Å². The molecule has 13 heteroatoms. The van der Waals surface area contributed by atoms with Gasteiger partial charge >= 0.3 is 11.9 Å². The Kier molecular flexibility index (Phi) is 6.17. The Morgan fingerprint density at radius 1 is 1.18 bits per heavy atom. The molecule has 8 nitrogen and oxygen atoms in total. The summed E-state index contributed by atoms with van der Waals surface area (Å²) in [6, 6.07) is 5.29. The molecule has 34 heavy (non-hydrogen) atoms. The summed E-state index contributed by atoms with van der Waals surface area (Å²) in [4.78, 5) is 20.2. The molecule has 1 unspecified atom stereocenters.